The van der Waals surface area contributed by atoms with Crippen molar-refractivity contribution in [1.29, 1.82) is 0 Å². The number of anilines is 1. The number of carboxylic acid groups (broad SMARTS) is 1. The van der Waals surface area contributed by atoms with Gasteiger partial charge in [0.1, 0.15) is 17.1 Å². The van der Waals surface area contributed by atoms with Gasteiger partial charge in [-0.15, -0.1) is 0 Å². The molecule has 0 saturated carbocycles. The number of oxazole rings is 1. The van der Waals surface area contributed by atoms with Crippen molar-refractivity contribution < 1.29 is 14.3 Å². The van der Waals surface area contributed by atoms with Crippen molar-refractivity contribution >= 4 is 27.7 Å². The second-order valence-corrected chi connectivity index (χ2v) is 4.49. The van der Waals surface area contributed by atoms with Crippen LogP contribution < -0.4 is 5.32 Å². The van der Waals surface area contributed by atoms with Gasteiger partial charge in [-0.3, -0.25) is 0 Å². The number of hydrogen-bond donors (Lipinski definition) is 2. The molecule has 2 heterocycles. The van der Waals surface area contributed by atoms with Crippen LogP contribution in [0.1, 0.15) is 22.0 Å². The largest absolute Gasteiger partial charge is 0.478 e. The molecule has 0 amide bonds. The molecule has 0 aliphatic heterocycles. The van der Waals surface area contributed by atoms with E-state index in [9.17, 15) is 4.79 Å². The number of aromatic carboxylic acids is 1. The number of pyridine rings is 1. The quantitative estimate of drug-likeness (QED) is 0.901. The summed E-state index contributed by atoms with van der Waals surface area (Å²) in [6, 6.07) is 1.48. The minimum absolute atomic E-state index is 0.0904. The number of halogens is 1. The first-order valence-electron chi connectivity index (χ1n) is 5.10. The summed E-state index contributed by atoms with van der Waals surface area (Å²) in [6.07, 6.45) is 3.12. The van der Waals surface area contributed by atoms with Gasteiger partial charge in [-0.05, 0) is 28.9 Å². The summed E-state index contributed by atoms with van der Waals surface area (Å²) in [5.41, 5.74) is 0.0904. The number of hydrogen-bond acceptors (Lipinski definition) is 5. The lowest BCUT2D eigenvalue weighted by molar-refractivity contribution is 0.0697. The van der Waals surface area contributed by atoms with Crippen molar-refractivity contribution in [2.45, 2.75) is 13.5 Å². The van der Waals surface area contributed by atoms with E-state index in [4.69, 9.17) is 9.52 Å². The van der Waals surface area contributed by atoms with E-state index in [1.165, 1.54) is 12.3 Å². The van der Waals surface area contributed by atoms with E-state index in [-0.39, 0.29) is 17.9 Å². The Hall–Kier alpha value is -1.89. The van der Waals surface area contributed by atoms with Crippen LogP contribution in [0.3, 0.4) is 0 Å². The molecule has 6 nitrogen and oxygen atoms in total. The number of carbonyl (C=O) groups is 1. The van der Waals surface area contributed by atoms with Crippen molar-refractivity contribution in [1.82, 2.24) is 9.97 Å². The summed E-state index contributed by atoms with van der Waals surface area (Å²) in [5, 5.41) is 11.9. The first-order valence-corrected chi connectivity index (χ1v) is 5.89. The monoisotopic (exact) mass is 311 g/mol. The number of aromatic nitrogens is 2. The molecule has 0 atom stereocenters. The van der Waals surface area contributed by atoms with Crippen LogP contribution in [0.15, 0.2) is 27.3 Å². The van der Waals surface area contributed by atoms with Crippen molar-refractivity contribution in [3.8, 4) is 0 Å². The van der Waals surface area contributed by atoms with Gasteiger partial charge in [-0.2, -0.15) is 0 Å². The first-order chi connectivity index (χ1) is 8.56. The Morgan fingerprint density at radius 2 is 2.28 bits per heavy atom. The molecule has 7 heteroatoms. The van der Waals surface area contributed by atoms with Gasteiger partial charge in [-0.1, -0.05) is 0 Å². The predicted molar refractivity (Wildman–Crippen MR) is 67.5 cm³/mol. The lowest BCUT2D eigenvalue weighted by Gasteiger charge is -2.06. The molecule has 2 N–H and O–H groups in total. The van der Waals surface area contributed by atoms with Crippen LogP contribution in [0, 0.1) is 6.92 Å². The summed E-state index contributed by atoms with van der Waals surface area (Å²) < 4.78 is 5.88. The van der Waals surface area contributed by atoms with Crippen molar-refractivity contribution in [2.24, 2.45) is 0 Å². The lowest BCUT2D eigenvalue weighted by Crippen LogP contribution is -2.08. The zero-order valence-corrected chi connectivity index (χ0v) is 11.1. The van der Waals surface area contributed by atoms with Gasteiger partial charge in [0.2, 0.25) is 5.89 Å². The van der Waals surface area contributed by atoms with Crippen molar-refractivity contribution in [3.63, 3.8) is 0 Å². The highest BCUT2D eigenvalue weighted by Crippen LogP contribution is 2.18. The SMILES string of the molecule is Cc1cnc(CNc2ncc(Br)cc2C(=O)O)o1. The van der Waals surface area contributed by atoms with E-state index in [1.807, 2.05) is 0 Å². The number of nitrogens with one attached hydrogen (secondary N) is 1. The van der Waals surface area contributed by atoms with E-state index in [1.54, 1.807) is 13.1 Å². The second-order valence-electron chi connectivity index (χ2n) is 3.57. The number of carboxylic acids is 1. The number of aryl methyl sites for hydroxylation is 1. The normalized spacial score (nSPS) is 10.3. The van der Waals surface area contributed by atoms with Crippen LogP contribution in [0.25, 0.3) is 0 Å². The minimum Gasteiger partial charge on any atom is -0.478 e. The third-order valence-electron chi connectivity index (χ3n) is 2.16. The maximum atomic E-state index is 11.0. The molecule has 0 bridgehead atoms. The topological polar surface area (TPSA) is 88.2 Å². The fourth-order valence-electron chi connectivity index (χ4n) is 1.39. The molecule has 0 unspecified atom stereocenters. The highest BCUT2D eigenvalue weighted by atomic mass is 79.9. The maximum Gasteiger partial charge on any atom is 0.339 e. The third-order valence-corrected chi connectivity index (χ3v) is 2.59. The van der Waals surface area contributed by atoms with Crippen molar-refractivity contribution in [2.75, 3.05) is 5.32 Å². The standard InChI is InChI=1S/C11H10BrN3O3/c1-6-3-13-9(18-6)5-15-10-8(11(16)17)2-7(12)4-14-10/h2-4H,5H2,1H3,(H,14,15)(H,16,17). The van der Waals surface area contributed by atoms with E-state index in [0.717, 1.165) is 0 Å². The summed E-state index contributed by atoms with van der Waals surface area (Å²) in [6.45, 7) is 2.07. The maximum absolute atomic E-state index is 11.0. The molecule has 0 radical (unpaired) electrons. The summed E-state index contributed by atoms with van der Waals surface area (Å²) >= 11 is 3.18. The zero-order chi connectivity index (χ0) is 13.1. The molecule has 0 aliphatic carbocycles. The molecule has 0 fully saturated rings. The lowest BCUT2D eigenvalue weighted by atomic mass is 10.2. The van der Waals surface area contributed by atoms with E-state index >= 15 is 0 Å². The second kappa shape index (κ2) is 5.18. The van der Waals surface area contributed by atoms with Crippen LogP contribution >= 0.6 is 15.9 Å². The van der Waals surface area contributed by atoms with Crippen molar-refractivity contribution in [3.05, 3.63) is 40.1 Å². The highest BCUT2D eigenvalue weighted by Gasteiger charge is 2.12. The highest BCUT2D eigenvalue weighted by molar-refractivity contribution is 9.10. The Morgan fingerprint density at radius 1 is 1.50 bits per heavy atom. The molecule has 0 aromatic carbocycles. The van der Waals surface area contributed by atoms with Gasteiger partial charge in [-0.25, -0.2) is 14.8 Å². The molecule has 94 valence electrons. The average molecular weight is 312 g/mol. The smallest absolute Gasteiger partial charge is 0.339 e. The first kappa shape index (κ1) is 12.6. The van der Waals surface area contributed by atoms with Crippen LogP contribution in [-0.2, 0) is 6.54 Å². The third kappa shape index (κ3) is 2.86. The molecule has 18 heavy (non-hydrogen) atoms. The fraction of sp³-hybridized carbons (Fsp3) is 0.182. The Labute approximate surface area is 111 Å². The Bertz CT molecular complexity index is 583. The summed E-state index contributed by atoms with van der Waals surface area (Å²) in [5.74, 6) is 0.416. The number of rotatable bonds is 4. The predicted octanol–water partition coefficient (Wildman–Crippen LogP) is 2.45. The van der Waals surface area contributed by atoms with Gasteiger partial charge in [0.25, 0.3) is 0 Å². The summed E-state index contributed by atoms with van der Waals surface area (Å²) in [4.78, 5) is 19.1. The molecule has 0 spiro atoms. The van der Waals surface area contributed by atoms with Crippen LogP contribution in [0.2, 0.25) is 0 Å². The Kier molecular flexibility index (Phi) is 3.61. The van der Waals surface area contributed by atoms with Crippen LogP contribution in [-0.4, -0.2) is 21.0 Å². The van der Waals surface area contributed by atoms with E-state index in [2.05, 4.69) is 31.2 Å². The van der Waals surface area contributed by atoms with E-state index < -0.39 is 5.97 Å². The molecule has 0 aliphatic rings. The van der Waals surface area contributed by atoms with Gasteiger partial charge >= 0.3 is 5.97 Å². The van der Waals surface area contributed by atoms with Crippen LogP contribution in [0.5, 0.6) is 0 Å². The zero-order valence-electron chi connectivity index (χ0n) is 9.48. The van der Waals surface area contributed by atoms with Gasteiger partial charge in [0.05, 0.1) is 12.7 Å². The van der Waals surface area contributed by atoms with E-state index in [0.29, 0.717) is 16.1 Å². The van der Waals surface area contributed by atoms with Gasteiger partial charge < -0.3 is 14.8 Å². The minimum atomic E-state index is -1.05. The molecule has 2 rings (SSSR count). The number of nitrogens with zero attached hydrogens (tertiary/aromatic N) is 2. The molecule has 0 saturated heterocycles. The Morgan fingerprint density at radius 3 is 2.89 bits per heavy atom. The van der Waals surface area contributed by atoms with Gasteiger partial charge in [0, 0.05) is 10.7 Å². The molecular formula is C11H10BrN3O3. The molecule has 2 aromatic heterocycles. The van der Waals surface area contributed by atoms with Crippen LogP contribution in [0.4, 0.5) is 5.82 Å². The fourth-order valence-corrected chi connectivity index (χ4v) is 1.72. The Balaban J connectivity index is 2.16. The molecular weight excluding hydrogens is 302 g/mol. The van der Waals surface area contributed by atoms with Gasteiger partial charge in [0.15, 0.2) is 0 Å². The average Bonchev–Trinajstić information content (AvgIpc) is 2.73. The molecule has 2 aromatic rings. The summed E-state index contributed by atoms with van der Waals surface area (Å²) in [7, 11) is 0.